The highest BCUT2D eigenvalue weighted by atomic mass is 32.2. The number of hydrogen-bond donors (Lipinski definition) is 2. The Morgan fingerprint density at radius 1 is 1.00 bits per heavy atom. The van der Waals surface area contributed by atoms with E-state index in [-0.39, 0.29) is 16.8 Å². The highest BCUT2D eigenvalue weighted by Crippen LogP contribution is 2.31. The largest absolute Gasteiger partial charge is 0.486 e. The average molecular weight is 457 g/mol. The van der Waals surface area contributed by atoms with Crippen LogP contribution in [0.1, 0.15) is 36.8 Å². The monoisotopic (exact) mass is 456 g/mol. The zero-order valence-corrected chi connectivity index (χ0v) is 18.7. The summed E-state index contributed by atoms with van der Waals surface area (Å²) in [6.07, 6.45) is 7.77. The van der Waals surface area contributed by atoms with E-state index in [1.165, 1.54) is 6.08 Å². The molecule has 2 aliphatic rings. The van der Waals surface area contributed by atoms with Gasteiger partial charge in [0.1, 0.15) is 13.2 Å². The number of sulfonamides is 1. The third-order valence-electron chi connectivity index (χ3n) is 5.62. The van der Waals surface area contributed by atoms with Crippen molar-refractivity contribution in [2.75, 3.05) is 19.8 Å². The van der Waals surface area contributed by atoms with Gasteiger partial charge >= 0.3 is 0 Å². The van der Waals surface area contributed by atoms with Gasteiger partial charge in [-0.2, -0.15) is 0 Å². The van der Waals surface area contributed by atoms with Gasteiger partial charge in [-0.15, -0.1) is 0 Å². The lowest BCUT2D eigenvalue weighted by atomic mass is 10.1. The second-order valence-corrected chi connectivity index (χ2v) is 9.74. The fourth-order valence-corrected chi connectivity index (χ4v) is 5.20. The second kappa shape index (κ2) is 10.2. The summed E-state index contributed by atoms with van der Waals surface area (Å²) < 4.78 is 38.8. The molecule has 0 saturated heterocycles. The van der Waals surface area contributed by atoms with Crippen molar-refractivity contribution in [3.05, 3.63) is 59.7 Å². The van der Waals surface area contributed by atoms with Gasteiger partial charge in [-0.05, 0) is 60.7 Å². The normalized spacial score (nSPS) is 16.4. The van der Waals surface area contributed by atoms with Gasteiger partial charge in [0.05, 0.1) is 4.90 Å². The van der Waals surface area contributed by atoms with Crippen molar-refractivity contribution in [3.63, 3.8) is 0 Å². The Hall–Kier alpha value is -2.84. The molecule has 1 heterocycles. The van der Waals surface area contributed by atoms with E-state index in [0.29, 0.717) is 37.7 Å². The maximum atomic E-state index is 12.5. The molecular formula is C24H28N2O5S. The smallest absolute Gasteiger partial charge is 0.244 e. The first-order chi connectivity index (χ1) is 15.5. The number of benzene rings is 2. The van der Waals surface area contributed by atoms with Gasteiger partial charge in [0.15, 0.2) is 11.5 Å². The lowest BCUT2D eigenvalue weighted by molar-refractivity contribution is -0.116. The zero-order valence-electron chi connectivity index (χ0n) is 17.9. The van der Waals surface area contributed by atoms with Crippen LogP contribution < -0.4 is 19.5 Å². The topological polar surface area (TPSA) is 93.7 Å². The predicted octanol–water partition coefficient (Wildman–Crippen LogP) is 3.05. The fraction of sp³-hybridized carbons (Fsp3) is 0.375. The van der Waals surface area contributed by atoms with Crippen molar-refractivity contribution in [1.82, 2.24) is 10.0 Å². The van der Waals surface area contributed by atoms with E-state index in [1.807, 2.05) is 18.2 Å². The van der Waals surface area contributed by atoms with Crippen molar-refractivity contribution in [1.29, 1.82) is 0 Å². The zero-order chi connectivity index (χ0) is 22.4. The Morgan fingerprint density at radius 3 is 2.47 bits per heavy atom. The van der Waals surface area contributed by atoms with E-state index in [1.54, 1.807) is 30.3 Å². The van der Waals surface area contributed by atoms with E-state index in [2.05, 4.69) is 10.0 Å². The number of nitrogens with one attached hydrogen (secondary N) is 2. The third-order valence-corrected chi connectivity index (χ3v) is 7.15. The Bertz CT molecular complexity index is 1070. The molecule has 1 amide bonds. The summed E-state index contributed by atoms with van der Waals surface area (Å²) in [7, 11) is -3.48. The van der Waals surface area contributed by atoms with Crippen LogP contribution in [0.2, 0.25) is 0 Å². The molecule has 1 saturated carbocycles. The van der Waals surface area contributed by atoms with Crippen LogP contribution in [0.4, 0.5) is 0 Å². The fourth-order valence-electron chi connectivity index (χ4n) is 3.89. The summed E-state index contributed by atoms with van der Waals surface area (Å²) in [5.74, 6) is 1.20. The van der Waals surface area contributed by atoms with Gasteiger partial charge in [0.25, 0.3) is 0 Å². The molecule has 0 radical (unpaired) electrons. The van der Waals surface area contributed by atoms with Crippen LogP contribution in [0.3, 0.4) is 0 Å². The molecule has 0 bridgehead atoms. The molecule has 7 nitrogen and oxygen atoms in total. The van der Waals surface area contributed by atoms with E-state index in [0.717, 1.165) is 36.8 Å². The summed E-state index contributed by atoms with van der Waals surface area (Å²) in [6, 6.07) is 12.4. The van der Waals surface area contributed by atoms with Gasteiger partial charge < -0.3 is 14.8 Å². The molecule has 0 unspecified atom stereocenters. The maximum absolute atomic E-state index is 12.5. The van der Waals surface area contributed by atoms with Gasteiger partial charge in [0.2, 0.25) is 15.9 Å². The summed E-state index contributed by atoms with van der Waals surface area (Å²) >= 11 is 0. The molecule has 2 aromatic carbocycles. The first kappa shape index (κ1) is 22.4. The third kappa shape index (κ3) is 5.89. The molecule has 170 valence electrons. The molecule has 1 aliphatic carbocycles. The molecule has 4 rings (SSSR count). The van der Waals surface area contributed by atoms with Gasteiger partial charge in [-0.25, -0.2) is 13.1 Å². The number of carbonyl (C=O) groups excluding carboxylic acids is 1. The van der Waals surface area contributed by atoms with Gasteiger partial charge in [-0.3, -0.25) is 4.79 Å². The Kier molecular flexibility index (Phi) is 7.12. The minimum Gasteiger partial charge on any atom is -0.486 e. The van der Waals surface area contributed by atoms with Crippen LogP contribution in [0, 0.1) is 0 Å². The highest BCUT2D eigenvalue weighted by Gasteiger charge is 2.22. The molecule has 0 spiro atoms. The van der Waals surface area contributed by atoms with Gasteiger partial charge in [-0.1, -0.05) is 31.0 Å². The molecule has 0 atom stereocenters. The Balaban J connectivity index is 1.24. The lowest BCUT2D eigenvalue weighted by Gasteiger charge is -2.18. The van der Waals surface area contributed by atoms with Crippen LogP contribution >= 0.6 is 0 Å². The van der Waals surface area contributed by atoms with Crippen molar-refractivity contribution >= 4 is 22.0 Å². The van der Waals surface area contributed by atoms with Crippen molar-refractivity contribution in [2.45, 2.75) is 43.0 Å². The quantitative estimate of drug-likeness (QED) is 0.596. The predicted molar refractivity (Wildman–Crippen MR) is 122 cm³/mol. The number of carbonyl (C=O) groups is 1. The molecule has 1 fully saturated rings. The molecule has 8 heteroatoms. The SMILES string of the molecule is O=C(/C=C\c1ccc2c(c1)OCCO2)NCCc1ccc(S(=O)(=O)NC2CCCC2)cc1. The Labute approximate surface area is 188 Å². The lowest BCUT2D eigenvalue weighted by Crippen LogP contribution is -2.32. The Morgan fingerprint density at radius 2 is 1.72 bits per heavy atom. The highest BCUT2D eigenvalue weighted by molar-refractivity contribution is 7.89. The maximum Gasteiger partial charge on any atom is 0.244 e. The number of fused-ring (bicyclic) bond motifs is 1. The standard InChI is InChI=1S/C24H28N2O5S/c27-24(12-8-19-7-11-22-23(17-19)31-16-15-30-22)25-14-13-18-5-9-21(10-6-18)32(28,29)26-20-3-1-2-4-20/h5-12,17,20,26H,1-4,13-16H2,(H,25,27)/b12-8-. The van der Waals surface area contributed by atoms with Crippen molar-refractivity contribution < 1.29 is 22.7 Å². The molecule has 32 heavy (non-hydrogen) atoms. The van der Waals surface area contributed by atoms with E-state index in [4.69, 9.17) is 9.47 Å². The minimum atomic E-state index is -3.48. The number of amides is 1. The van der Waals surface area contributed by atoms with Crippen molar-refractivity contribution in [2.24, 2.45) is 0 Å². The van der Waals surface area contributed by atoms with E-state index < -0.39 is 10.0 Å². The first-order valence-electron chi connectivity index (χ1n) is 11.0. The molecule has 1 aliphatic heterocycles. The van der Waals surface area contributed by atoms with Crippen LogP contribution in [0.25, 0.3) is 6.08 Å². The molecule has 2 aromatic rings. The first-order valence-corrected chi connectivity index (χ1v) is 12.4. The van der Waals surface area contributed by atoms with E-state index >= 15 is 0 Å². The molecular weight excluding hydrogens is 428 g/mol. The summed E-state index contributed by atoms with van der Waals surface area (Å²) in [5.41, 5.74) is 1.81. The second-order valence-electron chi connectivity index (χ2n) is 8.02. The minimum absolute atomic E-state index is 0.0464. The van der Waals surface area contributed by atoms with E-state index in [9.17, 15) is 13.2 Å². The number of rotatable bonds is 8. The van der Waals surface area contributed by atoms with Crippen molar-refractivity contribution in [3.8, 4) is 11.5 Å². The number of ether oxygens (including phenoxy) is 2. The molecule has 0 aromatic heterocycles. The summed E-state index contributed by atoms with van der Waals surface area (Å²) in [5, 5.41) is 2.84. The van der Waals surface area contributed by atoms with Crippen LogP contribution in [0.5, 0.6) is 11.5 Å². The van der Waals surface area contributed by atoms with Crippen LogP contribution in [0.15, 0.2) is 53.4 Å². The van der Waals surface area contributed by atoms with Crippen LogP contribution in [-0.2, 0) is 21.2 Å². The van der Waals surface area contributed by atoms with Crippen LogP contribution in [-0.4, -0.2) is 40.1 Å². The number of hydrogen-bond acceptors (Lipinski definition) is 5. The average Bonchev–Trinajstić information content (AvgIpc) is 3.30. The summed E-state index contributed by atoms with van der Waals surface area (Å²) in [6.45, 7) is 1.52. The molecule has 2 N–H and O–H groups in total. The van der Waals surface area contributed by atoms with Gasteiger partial charge in [0, 0.05) is 18.7 Å². The summed E-state index contributed by atoms with van der Waals surface area (Å²) in [4.78, 5) is 12.4.